The fourth-order valence-corrected chi connectivity index (χ4v) is 4.51. The molecule has 0 saturated heterocycles. The Hall–Kier alpha value is -3.02. The van der Waals surface area contributed by atoms with Gasteiger partial charge in [0.25, 0.3) is 11.8 Å². The Morgan fingerprint density at radius 1 is 1.03 bits per heavy atom. The van der Waals surface area contributed by atoms with Crippen molar-refractivity contribution in [1.29, 1.82) is 0 Å². The minimum Gasteiger partial charge on any atom is -0.361 e. The van der Waals surface area contributed by atoms with Crippen LogP contribution in [0.1, 0.15) is 51.4 Å². The van der Waals surface area contributed by atoms with Crippen LogP contribution in [-0.4, -0.2) is 29.8 Å². The summed E-state index contributed by atoms with van der Waals surface area (Å²) in [6.45, 7) is 3.19. The van der Waals surface area contributed by atoms with Gasteiger partial charge in [-0.25, -0.2) is 0 Å². The predicted molar refractivity (Wildman–Crippen MR) is 133 cm³/mol. The second kappa shape index (κ2) is 10.3. The number of anilines is 1. The van der Waals surface area contributed by atoms with Gasteiger partial charge in [0, 0.05) is 45.5 Å². The molecule has 0 radical (unpaired) electrons. The average Bonchev–Trinajstić information content (AvgIpc) is 3.07. The minimum absolute atomic E-state index is 0.0433. The standard InChI is InChI=1S/C26H25Cl2N3O2/c1-2-15-31-24(21-5-3-4-6-22(21)26(31)33)30-20-11-8-18(9-12-20)25(32)29-14-13-17-7-10-19(27)16-23(17)28/h3-12,16,24,30H,2,13-15H2,1H3,(H,29,32)/t24-/m0/s1. The first-order valence-electron chi connectivity index (χ1n) is 11.0. The van der Waals surface area contributed by atoms with Crippen LogP contribution < -0.4 is 10.6 Å². The fourth-order valence-electron chi connectivity index (χ4n) is 4.01. The SMILES string of the molecule is CCCN1C(=O)c2ccccc2[C@H]1Nc1ccc(C(=O)NCCc2ccc(Cl)cc2Cl)cc1. The molecule has 5 nitrogen and oxygen atoms in total. The number of nitrogens with one attached hydrogen (secondary N) is 2. The normalized spacial score (nSPS) is 14.8. The Bertz CT molecular complexity index is 1160. The third kappa shape index (κ3) is 5.15. The topological polar surface area (TPSA) is 61.4 Å². The monoisotopic (exact) mass is 481 g/mol. The Kier molecular flexibility index (Phi) is 7.21. The Morgan fingerprint density at radius 2 is 1.79 bits per heavy atom. The quantitative estimate of drug-likeness (QED) is 0.418. The smallest absolute Gasteiger partial charge is 0.256 e. The molecule has 2 amide bonds. The number of carbonyl (C=O) groups is 2. The van der Waals surface area contributed by atoms with Crippen molar-refractivity contribution >= 4 is 40.7 Å². The summed E-state index contributed by atoms with van der Waals surface area (Å²) < 4.78 is 0. The number of nitrogens with zero attached hydrogens (tertiary/aromatic N) is 1. The molecule has 2 N–H and O–H groups in total. The maximum absolute atomic E-state index is 12.8. The van der Waals surface area contributed by atoms with Crippen LogP contribution in [0.4, 0.5) is 5.69 Å². The zero-order valence-electron chi connectivity index (χ0n) is 18.3. The van der Waals surface area contributed by atoms with Gasteiger partial charge in [-0.3, -0.25) is 9.59 Å². The maximum atomic E-state index is 12.8. The molecule has 7 heteroatoms. The first-order valence-corrected chi connectivity index (χ1v) is 11.7. The summed E-state index contributed by atoms with van der Waals surface area (Å²) >= 11 is 12.1. The third-order valence-electron chi connectivity index (χ3n) is 5.67. The lowest BCUT2D eigenvalue weighted by Gasteiger charge is -2.26. The van der Waals surface area contributed by atoms with E-state index < -0.39 is 0 Å². The lowest BCUT2D eigenvalue weighted by atomic mass is 10.1. The molecule has 0 spiro atoms. The van der Waals surface area contributed by atoms with Crippen LogP contribution in [0.2, 0.25) is 10.0 Å². The molecule has 3 aromatic carbocycles. The van der Waals surface area contributed by atoms with E-state index in [1.165, 1.54) is 0 Å². The van der Waals surface area contributed by atoms with Crippen LogP contribution in [-0.2, 0) is 6.42 Å². The number of carbonyl (C=O) groups excluding carboxylic acids is 2. The molecule has 0 aliphatic carbocycles. The lowest BCUT2D eigenvalue weighted by Crippen LogP contribution is -2.33. The van der Waals surface area contributed by atoms with Gasteiger partial charge in [-0.05, 0) is 60.9 Å². The van der Waals surface area contributed by atoms with Crippen LogP contribution in [0.25, 0.3) is 0 Å². The van der Waals surface area contributed by atoms with Crippen LogP contribution in [0.15, 0.2) is 66.7 Å². The lowest BCUT2D eigenvalue weighted by molar-refractivity contribution is 0.0743. The number of benzene rings is 3. The molecular weight excluding hydrogens is 457 g/mol. The van der Waals surface area contributed by atoms with Crippen LogP contribution >= 0.6 is 23.2 Å². The van der Waals surface area contributed by atoms with Gasteiger partial charge in [-0.2, -0.15) is 0 Å². The summed E-state index contributed by atoms with van der Waals surface area (Å²) in [4.78, 5) is 27.2. The molecule has 4 rings (SSSR count). The van der Waals surface area contributed by atoms with Crippen LogP contribution in [0.3, 0.4) is 0 Å². The van der Waals surface area contributed by atoms with Crippen LogP contribution in [0, 0.1) is 0 Å². The van der Waals surface area contributed by atoms with E-state index in [2.05, 4.69) is 17.6 Å². The number of amides is 2. The first kappa shape index (κ1) is 23.1. The maximum Gasteiger partial charge on any atom is 0.256 e. The van der Waals surface area contributed by atoms with E-state index in [1.54, 1.807) is 24.3 Å². The molecule has 0 aromatic heterocycles. The zero-order valence-corrected chi connectivity index (χ0v) is 19.8. The number of hydrogen-bond acceptors (Lipinski definition) is 3. The summed E-state index contributed by atoms with van der Waals surface area (Å²) in [6, 6.07) is 20.3. The van der Waals surface area contributed by atoms with E-state index in [1.807, 2.05) is 47.4 Å². The van der Waals surface area contributed by atoms with Gasteiger partial charge < -0.3 is 15.5 Å². The zero-order chi connectivity index (χ0) is 23.4. The highest BCUT2D eigenvalue weighted by Gasteiger charge is 2.35. The highest BCUT2D eigenvalue weighted by molar-refractivity contribution is 6.35. The van der Waals surface area contributed by atoms with E-state index in [4.69, 9.17) is 23.2 Å². The molecule has 1 atom stereocenters. The van der Waals surface area contributed by atoms with Crippen molar-refractivity contribution in [3.8, 4) is 0 Å². The largest absolute Gasteiger partial charge is 0.361 e. The Morgan fingerprint density at radius 3 is 2.52 bits per heavy atom. The van der Waals surface area contributed by atoms with Crippen molar-refractivity contribution in [2.24, 2.45) is 0 Å². The molecule has 1 aliphatic heterocycles. The Labute approximate surface area is 203 Å². The van der Waals surface area contributed by atoms with Gasteiger partial charge in [0.2, 0.25) is 0 Å². The first-order chi connectivity index (χ1) is 16.0. The molecule has 3 aromatic rings. The summed E-state index contributed by atoms with van der Waals surface area (Å²) in [7, 11) is 0. The van der Waals surface area contributed by atoms with Crippen molar-refractivity contribution in [2.75, 3.05) is 18.4 Å². The molecule has 33 heavy (non-hydrogen) atoms. The molecule has 170 valence electrons. The van der Waals surface area contributed by atoms with Crippen molar-refractivity contribution < 1.29 is 9.59 Å². The highest BCUT2D eigenvalue weighted by Crippen LogP contribution is 2.34. The van der Waals surface area contributed by atoms with Crippen molar-refractivity contribution in [3.63, 3.8) is 0 Å². The Balaban J connectivity index is 1.38. The molecule has 1 heterocycles. The molecule has 0 saturated carbocycles. The molecule has 0 unspecified atom stereocenters. The van der Waals surface area contributed by atoms with Gasteiger partial charge in [0.05, 0.1) is 0 Å². The second-order valence-corrected chi connectivity index (χ2v) is 8.80. The van der Waals surface area contributed by atoms with Crippen molar-refractivity contribution in [1.82, 2.24) is 10.2 Å². The molecule has 1 aliphatic rings. The van der Waals surface area contributed by atoms with E-state index in [-0.39, 0.29) is 18.0 Å². The van der Waals surface area contributed by atoms with Gasteiger partial charge in [-0.1, -0.05) is 54.4 Å². The summed E-state index contributed by atoms with van der Waals surface area (Å²) in [5, 5.41) is 7.55. The fraction of sp³-hybridized carbons (Fsp3) is 0.231. The number of halogens is 2. The average molecular weight is 482 g/mol. The van der Waals surface area contributed by atoms with E-state index in [0.717, 1.165) is 28.8 Å². The van der Waals surface area contributed by atoms with Gasteiger partial charge in [-0.15, -0.1) is 0 Å². The van der Waals surface area contributed by atoms with Gasteiger partial charge >= 0.3 is 0 Å². The van der Waals surface area contributed by atoms with Crippen molar-refractivity contribution in [3.05, 3.63) is 99.0 Å². The number of fused-ring (bicyclic) bond motifs is 1. The summed E-state index contributed by atoms with van der Waals surface area (Å²) in [6.07, 6.45) is 1.26. The van der Waals surface area contributed by atoms with E-state index in [9.17, 15) is 9.59 Å². The van der Waals surface area contributed by atoms with Crippen LogP contribution in [0.5, 0.6) is 0 Å². The number of rotatable bonds is 8. The molecular formula is C26H25Cl2N3O2. The molecule has 0 fully saturated rings. The summed E-state index contributed by atoms with van der Waals surface area (Å²) in [5.41, 5.74) is 4.05. The van der Waals surface area contributed by atoms with Gasteiger partial charge in [0.1, 0.15) is 6.17 Å². The minimum atomic E-state index is -0.225. The van der Waals surface area contributed by atoms with E-state index in [0.29, 0.717) is 35.1 Å². The highest BCUT2D eigenvalue weighted by atomic mass is 35.5. The van der Waals surface area contributed by atoms with Gasteiger partial charge in [0.15, 0.2) is 0 Å². The second-order valence-electron chi connectivity index (χ2n) is 7.95. The van der Waals surface area contributed by atoms with E-state index >= 15 is 0 Å². The predicted octanol–water partition coefficient (Wildman–Crippen LogP) is 5.94. The molecule has 0 bridgehead atoms. The third-order valence-corrected chi connectivity index (χ3v) is 6.26. The van der Waals surface area contributed by atoms with Crippen molar-refractivity contribution in [2.45, 2.75) is 25.9 Å². The number of hydrogen-bond donors (Lipinski definition) is 2. The summed E-state index contributed by atoms with van der Waals surface area (Å²) in [5.74, 6) is -0.109.